The molecular formula is C66H136N2S4. The van der Waals surface area contributed by atoms with E-state index in [1.807, 2.05) is 8.64 Å². The van der Waals surface area contributed by atoms with Crippen molar-refractivity contribution in [2.45, 2.75) is 316 Å². The average Bonchev–Trinajstić information content (AvgIpc) is 3.40. The van der Waals surface area contributed by atoms with Gasteiger partial charge in [0.15, 0.2) is 0 Å². The molecule has 0 radical (unpaired) electrons. The van der Waals surface area contributed by atoms with Gasteiger partial charge in [0.05, 0.1) is 8.64 Å². The maximum atomic E-state index is 3.20. The SMILES string of the molecule is CCCCC(CC)CN(CC(CC)CCCC)C(SSC(N(CC(CC)CCCC)CC(CC)CCCC)=S(CC(CC)CCCC)CC(CC)CCCC)=S(CC(CC)CCCC)CC(CC)CCCC. The van der Waals surface area contributed by atoms with Gasteiger partial charge in [0.2, 0.25) is 0 Å². The summed E-state index contributed by atoms with van der Waals surface area (Å²) < 4.78 is 3.76. The van der Waals surface area contributed by atoms with Crippen LogP contribution in [0.15, 0.2) is 0 Å². The average molecular weight is 1090 g/mol. The first-order chi connectivity index (χ1) is 35.0. The quantitative estimate of drug-likeness (QED) is 0.0442. The van der Waals surface area contributed by atoms with Gasteiger partial charge in [-0.05, 0) is 143 Å². The van der Waals surface area contributed by atoms with E-state index in [0.29, 0.717) is 0 Å². The zero-order valence-electron chi connectivity index (χ0n) is 52.4. The molecule has 0 rings (SSSR count). The highest BCUT2D eigenvalue weighted by Gasteiger charge is 2.30. The van der Waals surface area contributed by atoms with Crippen LogP contribution in [0.5, 0.6) is 0 Å². The van der Waals surface area contributed by atoms with E-state index < -0.39 is 0 Å². The second-order valence-electron chi connectivity index (χ2n) is 23.5. The number of unbranched alkanes of at least 4 members (excludes halogenated alkanes) is 8. The van der Waals surface area contributed by atoms with Crippen molar-refractivity contribution < 1.29 is 0 Å². The Balaban J connectivity index is 9.15. The van der Waals surface area contributed by atoms with Crippen LogP contribution in [0.3, 0.4) is 0 Å². The third kappa shape index (κ3) is 33.5. The van der Waals surface area contributed by atoms with Crippen molar-refractivity contribution in [1.29, 1.82) is 0 Å². The van der Waals surface area contributed by atoms with Gasteiger partial charge in [0, 0.05) is 26.2 Å². The molecular weight excluding hydrogens is 949 g/mol. The fourth-order valence-corrected chi connectivity index (χ4v) is 22.6. The van der Waals surface area contributed by atoms with Gasteiger partial charge < -0.3 is 0 Å². The summed E-state index contributed by atoms with van der Waals surface area (Å²) in [5, 5.41) is 0. The number of nitrogens with zero attached hydrogens (tertiary/aromatic N) is 2. The minimum atomic E-state index is 0.239. The van der Waals surface area contributed by atoms with Crippen molar-refractivity contribution in [2.75, 3.05) is 49.2 Å². The molecule has 8 atom stereocenters. The summed E-state index contributed by atoms with van der Waals surface area (Å²) in [7, 11) is 5.31. The molecule has 0 heterocycles. The molecule has 0 saturated carbocycles. The predicted octanol–water partition coefficient (Wildman–Crippen LogP) is 23.4. The van der Waals surface area contributed by atoms with Crippen LogP contribution in [0.25, 0.3) is 0 Å². The van der Waals surface area contributed by atoms with E-state index in [2.05, 4.69) is 142 Å². The highest BCUT2D eigenvalue weighted by molar-refractivity contribution is 8.90. The molecule has 2 nitrogen and oxygen atoms in total. The summed E-state index contributed by atoms with van der Waals surface area (Å²) in [5.74, 6) is 12.1. The van der Waals surface area contributed by atoms with Crippen LogP contribution in [0, 0.1) is 47.3 Å². The molecule has 0 N–H and O–H groups in total. The summed E-state index contributed by atoms with van der Waals surface area (Å²) in [5.41, 5.74) is 0. The normalized spacial score (nSPS) is 16.4. The molecule has 0 fully saturated rings. The monoisotopic (exact) mass is 1080 g/mol. The molecule has 0 spiro atoms. The van der Waals surface area contributed by atoms with Crippen molar-refractivity contribution in [3.8, 4) is 0 Å². The van der Waals surface area contributed by atoms with Gasteiger partial charge in [-0.25, -0.2) is 0 Å². The molecule has 72 heavy (non-hydrogen) atoms. The largest absolute Gasteiger partial charge is 0.264 e. The van der Waals surface area contributed by atoms with Crippen LogP contribution < -0.4 is 0 Å². The van der Waals surface area contributed by atoms with E-state index in [1.54, 1.807) is 0 Å². The highest BCUT2D eigenvalue weighted by atomic mass is 33.1. The van der Waals surface area contributed by atoms with E-state index >= 15 is 0 Å². The molecule has 0 aliphatic carbocycles. The van der Waals surface area contributed by atoms with Gasteiger partial charge in [-0.3, -0.25) is 9.80 Å². The Morgan fingerprint density at radius 1 is 0.264 bits per heavy atom. The van der Waals surface area contributed by atoms with Crippen LogP contribution in [0.4, 0.5) is 0 Å². The molecule has 0 aromatic heterocycles. The molecule has 0 aromatic rings. The minimum absolute atomic E-state index is 0.239. The van der Waals surface area contributed by atoms with E-state index in [0.717, 1.165) is 47.3 Å². The molecule has 0 amide bonds. The van der Waals surface area contributed by atoms with Crippen LogP contribution in [-0.2, 0) is 0 Å². The Bertz CT molecular complexity index is 1080. The second kappa shape index (κ2) is 50.3. The van der Waals surface area contributed by atoms with E-state index in [1.165, 1.54) is 255 Å². The van der Waals surface area contributed by atoms with Crippen LogP contribution in [0.1, 0.15) is 316 Å². The first kappa shape index (κ1) is 73.1. The van der Waals surface area contributed by atoms with Crippen LogP contribution >= 0.6 is 42.6 Å². The second-order valence-corrected chi connectivity index (χ2v) is 30.2. The Hall–Kier alpha value is 1.06. The topological polar surface area (TPSA) is 6.48 Å². The van der Waals surface area contributed by atoms with E-state index in [-0.39, 0.29) is 21.0 Å². The molecule has 0 saturated heterocycles. The lowest BCUT2D eigenvalue weighted by molar-refractivity contribution is 0.268. The van der Waals surface area contributed by atoms with E-state index in [4.69, 9.17) is 0 Å². The maximum Gasteiger partial charge on any atom is 0.0870 e. The fourth-order valence-electron chi connectivity index (χ4n) is 11.2. The maximum absolute atomic E-state index is 3.20. The minimum Gasteiger partial charge on any atom is -0.264 e. The Labute approximate surface area is 470 Å². The molecule has 0 aliphatic heterocycles. The highest BCUT2D eigenvalue weighted by Crippen LogP contribution is 2.44. The van der Waals surface area contributed by atoms with Gasteiger partial charge in [0.25, 0.3) is 0 Å². The third-order valence-corrected chi connectivity index (χ3v) is 26.8. The van der Waals surface area contributed by atoms with E-state index in [9.17, 15) is 0 Å². The summed E-state index contributed by atoms with van der Waals surface area (Å²) in [6, 6.07) is 0. The predicted molar refractivity (Wildman–Crippen MR) is 349 cm³/mol. The van der Waals surface area contributed by atoms with Crippen molar-refractivity contribution in [2.24, 2.45) is 47.3 Å². The van der Waals surface area contributed by atoms with Crippen molar-refractivity contribution in [1.82, 2.24) is 9.80 Å². The summed E-state index contributed by atoms with van der Waals surface area (Å²) in [6.07, 6.45) is 43.6. The lowest BCUT2D eigenvalue weighted by Gasteiger charge is -2.37. The molecule has 434 valence electrons. The lowest BCUT2D eigenvalue weighted by Crippen LogP contribution is -2.40. The van der Waals surface area contributed by atoms with Crippen molar-refractivity contribution in [3.05, 3.63) is 0 Å². The first-order valence-corrected chi connectivity index (χ1v) is 38.2. The zero-order chi connectivity index (χ0) is 53.8. The Kier molecular flexibility index (Phi) is 51.0. The summed E-state index contributed by atoms with van der Waals surface area (Å²) in [4.78, 5) is 6.40. The van der Waals surface area contributed by atoms with Gasteiger partial charge in [-0.1, -0.05) is 265 Å². The van der Waals surface area contributed by atoms with Gasteiger partial charge in [-0.15, -0.1) is 0 Å². The van der Waals surface area contributed by atoms with Crippen molar-refractivity contribution in [3.63, 3.8) is 0 Å². The molecule has 0 bridgehead atoms. The standard InChI is InChI=1S/C66H136N2S4/c1-17-33-41-57(25-9)49-67(50-58(26-10)42-34-18-2)65(71(53-61(29-13)45-37-21-5)54-62(30-14)46-38-22-6)69-70-66(68(51-59(27-11)43-35-19-3)52-60(28-12)44-36-20-4)72(55-63(31-15)47-39-23-7)56-64(32-16)48-40-24-8/h57-64H,17-56H2,1-16H3. The third-order valence-electron chi connectivity index (χ3n) is 17.2. The number of hydrogen-bond donors (Lipinski definition) is 0. The van der Waals surface area contributed by atoms with Gasteiger partial charge in [-0.2, -0.15) is 21.0 Å². The number of rotatable bonds is 48. The summed E-state index contributed by atoms with van der Waals surface area (Å²) >= 11 is 0. The van der Waals surface area contributed by atoms with Crippen LogP contribution in [-0.4, -0.2) is 67.6 Å². The molecule has 0 aliphatic rings. The molecule has 8 unspecified atom stereocenters. The Morgan fingerprint density at radius 2 is 0.431 bits per heavy atom. The van der Waals surface area contributed by atoms with Crippen molar-refractivity contribution >= 4 is 51.2 Å². The molecule has 6 heteroatoms. The Morgan fingerprint density at radius 3 is 0.583 bits per heavy atom. The first-order valence-electron chi connectivity index (χ1n) is 33.0. The zero-order valence-corrected chi connectivity index (χ0v) is 55.7. The fraction of sp³-hybridized carbons (Fsp3) is 0.970. The number of hydrogen-bond acceptors (Lipinski definition) is 2. The molecule has 0 aromatic carbocycles. The summed E-state index contributed by atoms with van der Waals surface area (Å²) in [6.45, 7) is 44.9. The van der Waals surface area contributed by atoms with Gasteiger partial charge >= 0.3 is 0 Å². The van der Waals surface area contributed by atoms with Gasteiger partial charge in [0.1, 0.15) is 0 Å². The smallest absolute Gasteiger partial charge is 0.0870 e. The van der Waals surface area contributed by atoms with Crippen LogP contribution in [0.2, 0.25) is 0 Å². The lowest BCUT2D eigenvalue weighted by atomic mass is 9.96.